The fourth-order valence-corrected chi connectivity index (χ4v) is 2.09. The van der Waals surface area contributed by atoms with Gasteiger partial charge in [0, 0.05) is 12.5 Å². The predicted octanol–water partition coefficient (Wildman–Crippen LogP) is 1.37. The lowest BCUT2D eigenvalue weighted by molar-refractivity contribution is 0.231. The lowest BCUT2D eigenvalue weighted by atomic mass is 10.2. The lowest BCUT2D eigenvalue weighted by Gasteiger charge is -2.14. The average molecular weight is 251 g/mol. The Bertz CT molecular complexity index is 436. The fraction of sp³-hybridized carbons (Fsp3) is 0.692. The van der Waals surface area contributed by atoms with Gasteiger partial charge in [0.2, 0.25) is 5.88 Å². The standard InChI is InChI=1S/C13H21N3O2/c1-10(2)13-14-11(17)9-12(15-13)18-8-7-16-5-3-4-6-16/h9-10H,3-8H2,1-2H3,(H,14,15,17). The van der Waals surface area contributed by atoms with Gasteiger partial charge in [0.1, 0.15) is 12.4 Å². The highest BCUT2D eigenvalue weighted by Gasteiger charge is 2.11. The van der Waals surface area contributed by atoms with E-state index >= 15 is 0 Å². The van der Waals surface area contributed by atoms with Crippen LogP contribution in [0.1, 0.15) is 38.4 Å². The summed E-state index contributed by atoms with van der Waals surface area (Å²) in [6.45, 7) is 7.80. The molecule has 18 heavy (non-hydrogen) atoms. The Balaban J connectivity index is 1.90. The van der Waals surface area contributed by atoms with Gasteiger partial charge in [-0.1, -0.05) is 13.8 Å². The molecule has 1 fully saturated rings. The average Bonchev–Trinajstić information content (AvgIpc) is 2.81. The zero-order chi connectivity index (χ0) is 13.0. The maximum absolute atomic E-state index is 11.4. The molecule has 0 radical (unpaired) electrons. The van der Waals surface area contributed by atoms with E-state index in [0.717, 1.165) is 19.6 Å². The van der Waals surface area contributed by atoms with E-state index in [9.17, 15) is 4.79 Å². The van der Waals surface area contributed by atoms with Gasteiger partial charge in [0.15, 0.2) is 0 Å². The van der Waals surface area contributed by atoms with Gasteiger partial charge >= 0.3 is 0 Å². The topological polar surface area (TPSA) is 58.2 Å². The van der Waals surface area contributed by atoms with Crippen molar-refractivity contribution < 1.29 is 4.74 Å². The van der Waals surface area contributed by atoms with Crippen molar-refractivity contribution in [3.63, 3.8) is 0 Å². The molecule has 5 heteroatoms. The fourth-order valence-electron chi connectivity index (χ4n) is 2.09. The number of aromatic nitrogens is 2. The molecule has 0 amide bonds. The number of likely N-dealkylation sites (tertiary alicyclic amines) is 1. The van der Waals surface area contributed by atoms with Crippen molar-refractivity contribution in [1.82, 2.24) is 14.9 Å². The normalized spacial score (nSPS) is 16.4. The smallest absolute Gasteiger partial charge is 0.254 e. The van der Waals surface area contributed by atoms with Gasteiger partial charge in [-0.3, -0.25) is 9.69 Å². The molecule has 2 heterocycles. The van der Waals surface area contributed by atoms with Crippen molar-refractivity contribution in [2.45, 2.75) is 32.6 Å². The molecule has 0 saturated carbocycles. The zero-order valence-corrected chi connectivity index (χ0v) is 11.1. The predicted molar refractivity (Wildman–Crippen MR) is 70.1 cm³/mol. The summed E-state index contributed by atoms with van der Waals surface area (Å²) in [6, 6.07) is 1.41. The molecular formula is C13H21N3O2. The minimum atomic E-state index is -0.148. The number of hydrogen-bond donors (Lipinski definition) is 1. The van der Waals surface area contributed by atoms with Crippen LogP contribution in [0.3, 0.4) is 0 Å². The van der Waals surface area contributed by atoms with E-state index in [0.29, 0.717) is 18.3 Å². The molecule has 1 N–H and O–H groups in total. The molecule has 2 rings (SSSR count). The molecule has 0 spiro atoms. The summed E-state index contributed by atoms with van der Waals surface area (Å²) in [5.74, 6) is 1.31. The van der Waals surface area contributed by atoms with Crippen molar-refractivity contribution in [3.8, 4) is 5.88 Å². The second kappa shape index (κ2) is 6.00. The van der Waals surface area contributed by atoms with Crippen LogP contribution in [0.25, 0.3) is 0 Å². The van der Waals surface area contributed by atoms with Crippen molar-refractivity contribution in [2.75, 3.05) is 26.2 Å². The molecule has 1 aliphatic rings. The Morgan fingerprint density at radius 3 is 2.83 bits per heavy atom. The largest absolute Gasteiger partial charge is 0.476 e. The Kier molecular flexibility index (Phi) is 4.36. The highest BCUT2D eigenvalue weighted by molar-refractivity contribution is 5.10. The van der Waals surface area contributed by atoms with Gasteiger partial charge in [0.25, 0.3) is 5.56 Å². The third-order valence-corrected chi connectivity index (χ3v) is 3.14. The van der Waals surface area contributed by atoms with E-state index in [2.05, 4.69) is 14.9 Å². The van der Waals surface area contributed by atoms with Crippen LogP contribution in [-0.2, 0) is 0 Å². The number of ether oxygens (including phenoxy) is 1. The molecule has 1 aromatic rings. The summed E-state index contributed by atoms with van der Waals surface area (Å²) in [7, 11) is 0. The van der Waals surface area contributed by atoms with Crippen LogP contribution in [0.4, 0.5) is 0 Å². The molecule has 1 aromatic heterocycles. The quantitative estimate of drug-likeness (QED) is 0.858. The summed E-state index contributed by atoms with van der Waals surface area (Å²) in [5.41, 5.74) is -0.148. The Morgan fingerprint density at radius 1 is 1.44 bits per heavy atom. The first-order valence-corrected chi connectivity index (χ1v) is 6.61. The molecule has 0 bridgehead atoms. The van der Waals surface area contributed by atoms with Gasteiger partial charge in [-0.15, -0.1) is 0 Å². The molecule has 1 saturated heterocycles. The number of rotatable bonds is 5. The van der Waals surface area contributed by atoms with Gasteiger partial charge < -0.3 is 9.72 Å². The van der Waals surface area contributed by atoms with Crippen molar-refractivity contribution in [2.24, 2.45) is 0 Å². The maximum atomic E-state index is 11.4. The molecule has 0 unspecified atom stereocenters. The van der Waals surface area contributed by atoms with Crippen LogP contribution in [-0.4, -0.2) is 41.1 Å². The van der Waals surface area contributed by atoms with Gasteiger partial charge in [-0.05, 0) is 25.9 Å². The molecule has 5 nitrogen and oxygen atoms in total. The first kappa shape index (κ1) is 13.1. The highest BCUT2D eigenvalue weighted by atomic mass is 16.5. The monoisotopic (exact) mass is 251 g/mol. The van der Waals surface area contributed by atoms with E-state index in [1.165, 1.54) is 18.9 Å². The van der Waals surface area contributed by atoms with Crippen molar-refractivity contribution in [3.05, 3.63) is 22.2 Å². The first-order chi connectivity index (χ1) is 8.65. The maximum Gasteiger partial charge on any atom is 0.254 e. The summed E-state index contributed by atoms with van der Waals surface area (Å²) in [4.78, 5) is 20.8. The van der Waals surface area contributed by atoms with Crippen LogP contribution in [0.2, 0.25) is 0 Å². The number of nitrogens with one attached hydrogen (secondary N) is 1. The van der Waals surface area contributed by atoms with Crippen LogP contribution in [0, 0.1) is 0 Å². The van der Waals surface area contributed by atoms with Gasteiger partial charge in [-0.25, -0.2) is 0 Å². The van der Waals surface area contributed by atoms with E-state index in [4.69, 9.17) is 4.74 Å². The number of nitrogens with zero attached hydrogens (tertiary/aromatic N) is 2. The van der Waals surface area contributed by atoms with Crippen LogP contribution < -0.4 is 10.3 Å². The number of hydrogen-bond acceptors (Lipinski definition) is 4. The summed E-state index contributed by atoms with van der Waals surface area (Å²) in [6.07, 6.45) is 2.56. The molecule has 0 aromatic carbocycles. The minimum absolute atomic E-state index is 0.148. The Morgan fingerprint density at radius 2 is 2.17 bits per heavy atom. The Hall–Kier alpha value is -1.36. The van der Waals surface area contributed by atoms with E-state index in [1.807, 2.05) is 13.8 Å². The van der Waals surface area contributed by atoms with Crippen molar-refractivity contribution in [1.29, 1.82) is 0 Å². The first-order valence-electron chi connectivity index (χ1n) is 6.61. The minimum Gasteiger partial charge on any atom is -0.476 e. The van der Waals surface area contributed by atoms with Crippen LogP contribution in [0.5, 0.6) is 5.88 Å². The lowest BCUT2D eigenvalue weighted by Crippen LogP contribution is -2.25. The SMILES string of the molecule is CC(C)c1nc(OCCN2CCCC2)cc(=O)[nH]1. The van der Waals surface area contributed by atoms with Gasteiger partial charge in [-0.2, -0.15) is 4.98 Å². The summed E-state index contributed by atoms with van der Waals surface area (Å²) in [5, 5.41) is 0. The Labute approximate surface area is 107 Å². The molecule has 1 aliphatic heterocycles. The summed E-state index contributed by atoms with van der Waals surface area (Å²) < 4.78 is 5.57. The second-order valence-corrected chi connectivity index (χ2v) is 5.02. The third kappa shape index (κ3) is 3.57. The molecule has 0 atom stereocenters. The van der Waals surface area contributed by atoms with E-state index in [-0.39, 0.29) is 11.5 Å². The van der Waals surface area contributed by atoms with Crippen molar-refractivity contribution >= 4 is 0 Å². The van der Waals surface area contributed by atoms with Crippen LogP contribution in [0.15, 0.2) is 10.9 Å². The molecule has 0 aliphatic carbocycles. The molecular weight excluding hydrogens is 230 g/mol. The van der Waals surface area contributed by atoms with Crippen LogP contribution >= 0.6 is 0 Å². The third-order valence-electron chi connectivity index (χ3n) is 3.14. The van der Waals surface area contributed by atoms with E-state index < -0.39 is 0 Å². The van der Waals surface area contributed by atoms with Gasteiger partial charge in [0.05, 0.1) is 6.07 Å². The number of H-pyrrole nitrogens is 1. The zero-order valence-electron chi connectivity index (χ0n) is 11.1. The highest BCUT2D eigenvalue weighted by Crippen LogP contribution is 2.11. The molecule has 100 valence electrons. The number of aromatic amines is 1. The van der Waals surface area contributed by atoms with E-state index in [1.54, 1.807) is 0 Å². The summed E-state index contributed by atoms with van der Waals surface area (Å²) >= 11 is 0. The second-order valence-electron chi connectivity index (χ2n) is 5.02.